The fourth-order valence-corrected chi connectivity index (χ4v) is 3.65. The number of nitrogens with zero attached hydrogens (tertiary/aromatic N) is 3. The van der Waals surface area contributed by atoms with Crippen molar-refractivity contribution >= 4 is 23.4 Å². The summed E-state index contributed by atoms with van der Waals surface area (Å²) < 4.78 is 33.6. The summed E-state index contributed by atoms with van der Waals surface area (Å²) in [7, 11) is 0. The van der Waals surface area contributed by atoms with Crippen molar-refractivity contribution in [3.8, 4) is 5.75 Å². The van der Waals surface area contributed by atoms with Crippen LogP contribution in [0.4, 0.5) is 8.78 Å². The normalized spacial score (nSPS) is 10.9. The Morgan fingerprint density at radius 2 is 1.81 bits per heavy atom. The van der Waals surface area contributed by atoms with Crippen LogP contribution in [0.1, 0.15) is 18.3 Å². The Morgan fingerprint density at radius 1 is 1.08 bits per heavy atom. The van der Waals surface area contributed by atoms with Crippen molar-refractivity contribution in [2.75, 3.05) is 0 Å². The lowest BCUT2D eigenvalue weighted by atomic mass is 10.2. The first-order chi connectivity index (χ1) is 12.6. The summed E-state index contributed by atoms with van der Waals surface area (Å²) in [6.45, 7) is 2.89. The maximum Gasteiger partial charge on any atom is 0.191 e. The molecule has 0 saturated carbocycles. The number of rotatable bonds is 7. The Labute approximate surface area is 159 Å². The lowest BCUT2D eigenvalue weighted by molar-refractivity contribution is 0.288. The number of benzene rings is 2. The highest BCUT2D eigenvalue weighted by molar-refractivity contribution is 7.98. The molecule has 0 aliphatic carbocycles. The minimum atomic E-state index is -0.360. The van der Waals surface area contributed by atoms with Gasteiger partial charge >= 0.3 is 0 Å². The van der Waals surface area contributed by atoms with Crippen molar-refractivity contribution in [3.05, 3.63) is 70.5 Å². The standard InChI is InChI=1S/C18H16ClF2N3OS/c1-2-24-17(10-25-15-7-5-13(20)6-8-15)22-23-18(24)26-11-12-3-4-14(21)9-16(12)19/h3-9H,2,10-11H2,1H3. The zero-order valence-electron chi connectivity index (χ0n) is 14.0. The smallest absolute Gasteiger partial charge is 0.191 e. The fraction of sp³-hybridized carbons (Fsp3) is 0.222. The first kappa shape index (κ1) is 18.7. The second kappa shape index (κ2) is 8.51. The van der Waals surface area contributed by atoms with Gasteiger partial charge < -0.3 is 9.30 Å². The van der Waals surface area contributed by atoms with Gasteiger partial charge in [-0.3, -0.25) is 0 Å². The van der Waals surface area contributed by atoms with Crippen LogP contribution in [0.25, 0.3) is 0 Å². The molecule has 0 spiro atoms. The van der Waals surface area contributed by atoms with Gasteiger partial charge in [-0.05, 0) is 48.9 Å². The van der Waals surface area contributed by atoms with Crippen molar-refractivity contribution in [1.82, 2.24) is 14.8 Å². The molecule has 0 radical (unpaired) electrons. The van der Waals surface area contributed by atoms with Gasteiger partial charge in [0.25, 0.3) is 0 Å². The summed E-state index contributed by atoms with van der Waals surface area (Å²) in [5.74, 6) is 1.11. The van der Waals surface area contributed by atoms with Crippen LogP contribution in [-0.4, -0.2) is 14.8 Å². The highest BCUT2D eigenvalue weighted by atomic mass is 35.5. The van der Waals surface area contributed by atoms with Crippen LogP contribution < -0.4 is 4.74 Å². The Morgan fingerprint density at radius 3 is 2.50 bits per heavy atom. The molecule has 26 heavy (non-hydrogen) atoms. The first-order valence-electron chi connectivity index (χ1n) is 7.94. The predicted octanol–water partition coefficient (Wildman–Crippen LogP) is 5.10. The van der Waals surface area contributed by atoms with E-state index in [-0.39, 0.29) is 18.2 Å². The number of thioether (sulfide) groups is 1. The topological polar surface area (TPSA) is 39.9 Å². The molecule has 2 aromatic carbocycles. The Kier molecular flexibility index (Phi) is 6.11. The molecular weight excluding hydrogens is 380 g/mol. The van der Waals surface area contributed by atoms with Gasteiger partial charge in [-0.2, -0.15) is 0 Å². The summed E-state index contributed by atoms with van der Waals surface area (Å²) in [5, 5.41) is 9.48. The number of halogens is 3. The maximum absolute atomic E-state index is 13.1. The third kappa shape index (κ3) is 4.53. The predicted molar refractivity (Wildman–Crippen MR) is 97.4 cm³/mol. The van der Waals surface area contributed by atoms with Crippen molar-refractivity contribution in [3.63, 3.8) is 0 Å². The van der Waals surface area contributed by atoms with E-state index in [0.29, 0.717) is 28.9 Å². The molecule has 0 aliphatic rings. The van der Waals surface area contributed by atoms with Crippen molar-refractivity contribution in [2.45, 2.75) is 31.0 Å². The van der Waals surface area contributed by atoms with E-state index in [1.807, 2.05) is 11.5 Å². The molecule has 3 rings (SSSR count). The molecule has 1 heterocycles. The monoisotopic (exact) mass is 395 g/mol. The summed E-state index contributed by atoms with van der Waals surface area (Å²) in [5.41, 5.74) is 0.827. The van der Waals surface area contributed by atoms with Crippen LogP contribution in [0.3, 0.4) is 0 Å². The Bertz CT molecular complexity index is 887. The molecule has 0 atom stereocenters. The quantitative estimate of drug-likeness (QED) is 0.522. The lowest BCUT2D eigenvalue weighted by Gasteiger charge is -2.09. The summed E-state index contributed by atoms with van der Waals surface area (Å²) in [4.78, 5) is 0. The minimum absolute atomic E-state index is 0.227. The van der Waals surface area contributed by atoms with E-state index in [4.69, 9.17) is 16.3 Å². The van der Waals surface area contributed by atoms with Crippen LogP contribution in [0, 0.1) is 11.6 Å². The number of ether oxygens (including phenoxy) is 1. The van der Waals surface area contributed by atoms with E-state index in [2.05, 4.69) is 10.2 Å². The van der Waals surface area contributed by atoms with Crippen LogP contribution >= 0.6 is 23.4 Å². The highest BCUT2D eigenvalue weighted by Crippen LogP contribution is 2.27. The molecular formula is C18H16ClF2N3OS. The van der Waals surface area contributed by atoms with Crippen LogP contribution in [0.5, 0.6) is 5.75 Å². The van der Waals surface area contributed by atoms with Gasteiger partial charge in [0.05, 0.1) is 0 Å². The van der Waals surface area contributed by atoms with Crippen LogP contribution in [0.15, 0.2) is 47.6 Å². The van der Waals surface area contributed by atoms with Gasteiger partial charge in [0, 0.05) is 17.3 Å². The second-order valence-corrected chi connectivity index (χ2v) is 6.76. The molecule has 0 aliphatic heterocycles. The zero-order valence-corrected chi connectivity index (χ0v) is 15.5. The largest absolute Gasteiger partial charge is 0.486 e. The van der Waals surface area contributed by atoms with Gasteiger partial charge in [0.15, 0.2) is 11.0 Å². The van der Waals surface area contributed by atoms with Crippen molar-refractivity contribution in [1.29, 1.82) is 0 Å². The molecule has 0 saturated heterocycles. The summed E-state index contributed by atoms with van der Waals surface area (Å²) in [6, 6.07) is 10.2. The molecule has 4 nitrogen and oxygen atoms in total. The zero-order chi connectivity index (χ0) is 18.5. The average molecular weight is 396 g/mol. The Hall–Kier alpha value is -2.12. The minimum Gasteiger partial charge on any atom is -0.486 e. The van der Waals surface area contributed by atoms with Gasteiger partial charge in [0.2, 0.25) is 0 Å². The maximum atomic E-state index is 13.1. The average Bonchev–Trinajstić information content (AvgIpc) is 3.02. The molecule has 8 heteroatoms. The van der Waals surface area contributed by atoms with Gasteiger partial charge in [-0.15, -0.1) is 10.2 Å². The van der Waals surface area contributed by atoms with Crippen molar-refractivity contribution < 1.29 is 13.5 Å². The second-order valence-electron chi connectivity index (χ2n) is 5.41. The number of aromatic nitrogens is 3. The lowest BCUT2D eigenvalue weighted by Crippen LogP contribution is -2.07. The highest BCUT2D eigenvalue weighted by Gasteiger charge is 2.13. The molecule has 136 valence electrons. The molecule has 0 amide bonds. The van der Waals surface area contributed by atoms with Crippen LogP contribution in [-0.2, 0) is 18.9 Å². The number of hydrogen-bond acceptors (Lipinski definition) is 4. The fourth-order valence-electron chi connectivity index (χ4n) is 2.31. The van der Waals surface area contributed by atoms with E-state index < -0.39 is 0 Å². The Balaban J connectivity index is 1.66. The SMILES string of the molecule is CCn1c(COc2ccc(F)cc2)nnc1SCc1ccc(F)cc1Cl. The van der Waals surface area contributed by atoms with Crippen molar-refractivity contribution in [2.24, 2.45) is 0 Å². The molecule has 1 aromatic heterocycles. The first-order valence-corrected chi connectivity index (χ1v) is 9.30. The third-order valence-corrected chi connectivity index (χ3v) is 5.03. The van der Waals surface area contributed by atoms with E-state index >= 15 is 0 Å². The van der Waals surface area contributed by atoms with Gasteiger partial charge in [-0.1, -0.05) is 29.4 Å². The summed E-state index contributed by atoms with van der Waals surface area (Å²) in [6.07, 6.45) is 0. The van der Waals surface area contributed by atoms with Gasteiger partial charge in [0.1, 0.15) is 24.0 Å². The number of hydrogen-bond donors (Lipinski definition) is 0. The van der Waals surface area contributed by atoms with E-state index in [1.54, 1.807) is 18.2 Å². The molecule has 0 unspecified atom stereocenters. The molecule has 0 fully saturated rings. The summed E-state index contributed by atoms with van der Waals surface area (Å²) >= 11 is 7.53. The molecule has 0 N–H and O–H groups in total. The van der Waals surface area contributed by atoms with Crippen LogP contribution in [0.2, 0.25) is 5.02 Å². The molecule has 0 bridgehead atoms. The molecule has 3 aromatic rings. The third-order valence-electron chi connectivity index (χ3n) is 3.66. The van der Waals surface area contributed by atoms with Gasteiger partial charge in [-0.25, -0.2) is 8.78 Å². The van der Waals surface area contributed by atoms with E-state index in [1.165, 1.54) is 36.0 Å². The van der Waals surface area contributed by atoms with E-state index in [9.17, 15) is 8.78 Å². The van der Waals surface area contributed by atoms with E-state index in [0.717, 1.165) is 10.7 Å².